The smallest absolute Gasteiger partial charge is 0.322 e. The maximum Gasteiger partial charge on any atom is 0.322 e. The molecule has 7 heteroatoms. The Labute approximate surface area is 120 Å². The molecular weight excluding hydrogens is 270 g/mol. The van der Waals surface area contributed by atoms with Crippen molar-refractivity contribution in [2.45, 2.75) is 6.54 Å². The van der Waals surface area contributed by atoms with Crippen molar-refractivity contribution in [3.05, 3.63) is 48.4 Å². The quantitative estimate of drug-likeness (QED) is 0.734. The number of anilines is 1. The van der Waals surface area contributed by atoms with Crippen LogP contribution in [0.15, 0.2) is 42.9 Å². The third-order valence-corrected chi connectivity index (χ3v) is 3.02. The summed E-state index contributed by atoms with van der Waals surface area (Å²) in [6.45, 7) is 0.399. The average Bonchev–Trinajstić information content (AvgIpc) is 2.90. The lowest BCUT2D eigenvalue weighted by atomic mass is 10.2. The van der Waals surface area contributed by atoms with Crippen LogP contribution in [0.4, 0.5) is 5.82 Å². The normalized spacial score (nSPS) is 10.7. The number of rotatable bonds is 5. The number of carboxylic acid groups (broad SMARTS) is 1. The van der Waals surface area contributed by atoms with Gasteiger partial charge in [0.15, 0.2) is 5.65 Å². The summed E-state index contributed by atoms with van der Waals surface area (Å²) < 4.78 is 1.76. The largest absolute Gasteiger partial charge is 0.480 e. The second-order valence-electron chi connectivity index (χ2n) is 4.49. The zero-order valence-electron chi connectivity index (χ0n) is 11.1. The Balaban J connectivity index is 1.91. The SMILES string of the molecule is O=C(O)CNc1ncnc2c1cnn2Cc1ccccc1. The number of nitrogens with one attached hydrogen (secondary N) is 1. The van der Waals surface area contributed by atoms with Gasteiger partial charge >= 0.3 is 5.97 Å². The molecule has 0 aliphatic heterocycles. The van der Waals surface area contributed by atoms with Crippen LogP contribution >= 0.6 is 0 Å². The predicted octanol–water partition coefficient (Wildman–Crippen LogP) is 1.37. The van der Waals surface area contributed by atoms with Gasteiger partial charge < -0.3 is 10.4 Å². The molecule has 0 fully saturated rings. The molecule has 0 aliphatic rings. The van der Waals surface area contributed by atoms with Gasteiger partial charge in [0.1, 0.15) is 18.7 Å². The Kier molecular flexibility index (Phi) is 3.46. The third kappa shape index (κ3) is 2.81. The molecular formula is C14H13N5O2. The van der Waals surface area contributed by atoms with Gasteiger partial charge in [-0.2, -0.15) is 5.10 Å². The van der Waals surface area contributed by atoms with E-state index in [1.165, 1.54) is 6.33 Å². The second kappa shape index (κ2) is 5.58. The first-order chi connectivity index (χ1) is 10.2. The van der Waals surface area contributed by atoms with Crippen LogP contribution in [0.3, 0.4) is 0 Å². The number of fused-ring (bicyclic) bond motifs is 1. The lowest BCUT2D eigenvalue weighted by Gasteiger charge is -2.05. The summed E-state index contributed by atoms with van der Waals surface area (Å²) in [6.07, 6.45) is 3.04. The fourth-order valence-electron chi connectivity index (χ4n) is 2.07. The van der Waals surface area contributed by atoms with Gasteiger partial charge in [-0.1, -0.05) is 30.3 Å². The zero-order valence-corrected chi connectivity index (χ0v) is 11.1. The number of nitrogens with zero attached hydrogens (tertiary/aromatic N) is 4. The van der Waals surface area contributed by atoms with E-state index in [1.807, 2.05) is 30.3 Å². The highest BCUT2D eigenvalue weighted by Gasteiger charge is 2.10. The molecule has 0 spiro atoms. The van der Waals surface area contributed by atoms with Gasteiger partial charge in [-0.05, 0) is 5.56 Å². The van der Waals surface area contributed by atoms with E-state index in [4.69, 9.17) is 5.11 Å². The van der Waals surface area contributed by atoms with Crippen LogP contribution in [0.1, 0.15) is 5.56 Å². The minimum absolute atomic E-state index is 0.198. The van der Waals surface area contributed by atoms with E-state index in [-0.39, 0.29) is 6.54 Å². The Bertz CT molecular complexity index is 769. The second-order valence-corrected chi connectivity index (χ2v) is 4.49. The van der Waals surface area contributed by atoms with Crippen molar-refractivity contribution in [1.29, 1.82) is 0 Å². The first-order valence-electron chi connectivity index (χ1n) is 6.40. The number of aliphatic carboxylic acids is 1. The fourth-order valence-corrected chi connectivity index (χ4v) is 2.07. The van der Waals surface area contributed by atoms with Crippen molar-refractivity contribution in [3.63, 3.8) is 0 Å². The van der Waals surface area contributed by atoms with Crippen LogP contribution in [0.2, 0.25) is 0 Å². The van der Waals surface area contributed by atoms with Crippen LogP contribution in [0.5, 0.6) is 0 Å². The van der Waals surface area contributed by atoms with E-state index in [2.05, 4.69) is 20.4 Å². The number of carboxylic acids is 1. The zero-order chi connectivity index (χ0) is 14.7. The number of hydrogen-bond donors (Lipinski definition) is 2. The van der Waals surface area contributed by atoms with Gasteiger partial charge in [-0.15, -0.1) is 0 Å². The predicted molar refractivity (Wildman–Crippen MR) is 77.0 cm³/mol. The van der Waals surface area contributed by atoms with Crippen molar-refractivity contribution in [2.75, 3.05) is 11.9 Å². The maximum atomic E-state index is 10.6. The van der Waals surface area contributed by atoms with Crippen molar-refractivity contribution >= 4 is 22.8 Å². The van der Waals surface area contributed by atoms with E-state index >= 15 is 0 Å². The highest BCUT2D eigenvalue weighted by Crippen LogP contribution is 2.19. The Hall–Kier alpha value is -2.96. The molecule has 0 bridgehead atoms. The summed E-state index contributed by atoms with van der Waals surface area (Å²) in [5, 5.41) is 16.5. The number of hydrogen-bond acceptors (Lipinski definition) is 5. The van der Waals surface area contributed by atoms with E-state index in [1.54, 1.807) is 10.9 Å². The summed E-state index contributed by atoms with van der Waals surface area (Å²) in [4.78, 5) is 18.9. The molecule has 21 heavy (non-hydrogen) atoms. The Morgan fingerprint density at radius 2 is 2.05 bits per heavy atom. The lowest BCUT2D eigenvalue weighted by Crippen LogP contribution is -2.13. The molecule has 106 valence electrons. The van der Waals surface area contributed by atoms with Gasteiger partial charge in [0, 0.05) is 0 Å². The fraction of sp³-hybridized carbons (Fsp3) is 0.143. The number of aromatic nitrogens is 4. The molecule has 3 rings (SSSR count). The van der Waals surface area contributed by atoms with E-state index in [9.17, 15) is 4.79 Å². The lowest BCUT2D eigenvalue weighted by molar-refractivity contribution is -0.134. The number of benzene rings is 1. The van der Waals surface area contributed by atoms with E-state index in [0.717, 1.165) is 5.56 Å². The molecule has 0 amide bonds. The highest BCUT2D eigenvalue weighted by atomic mass is 16.4. The summed E-state index contributed by atoms with van der Waals surface area (Å²) in [5.74, 6) is -0.472. The monoisotopic (exact) mass is 283 g/mol. The molecule has 0 saturated carbocycles. The van der Waals surface area contributed by atoms with Crippen molar-refractivity contribution in [3.8, 4) is 0 Å². The molecule has 3 aromatic rings. The molecule has 1 aromatic carbocycles. The van der Waals surface area contributed by atoms with Crippen molar-refractivity contribution in [2.24, 2.45) is 0 Å². The van der Waals surface area contributed by atoms with Crippen LogP contribution in [-0.2, 0) is 11.3 Å². The average molecular weight is 283 g/mol. The first kappa shape index (κ1) is 13.0. The molecule has 2 heterocycles. The van der Waals surface area contributed by atoms with Gasteiger partial charge in [-0.3, -0.25) is 4.79 Å². The topological polar surface area (TPSA) is 92.9 Å². The van der Waals surface area contributed by atoms with Crippen LogP contribution in [0, 0.1) is 0 Å². The molecule has 2 N–H and O–H groups in total. The Morgan fingerprint density at radius 3 is 2.81 bits per heavy atom. The van der Waals surface area contributed by atoms with Crippen molar-refractivity contribution in [1.82, 2.24) is 19.7 Å². The number of carbonyl (C=O) groups is 1. The molecule has 0 radical (unpaired) electrons. The van der Waals surface area contributed by atoms with Crippen LogP contribution < -0.4 is 5.32 Å². The molecule has 0 unspecified atom stereocenters. The third-order valence-electron chi connectivity index (χ3n) is 3.02. The molecule has 0 atom stereocenters. The van der Waals surface area contributed by atoms with Gasteiger partial charge in [0.05, 0.1) is 18.1 Å². The van der Waals surface area contributed by atoms with Gasteiger partial charge in [0.2, 0.25) is 0 Å². The van der Waals surface area contributed by atoms with E-state index < -0.39 is 5.97 Å². The summed E-state index contributed by atoms with van der Waals surface area (Å²) in [7, 11) is 0. The summed E-state index contributed by atoms with van der Waals surface area (Å²) in [5.41, 5.74) is 1.78. The minimum atomic E-state index is -0.946. The van der Waals surface area contributed by atoms with Gasteiger partial charge in [-0.25, -0.2) is 14.6 Å². The first-order valence-corrected chi connectivity index (χ1v) is 6.40. The van der Waals surface area contributed by atoms with E-state index in [0.29, 0.717) is 23.4 Å². The highest BCUT2D eigenvalue weighted by molar-refractivity contribution is 5.87. The van der Waals surface area contributed by atoms with Crippen molar-refractivity contribution < 1.29 is 9.90 Å². The van der Waals surface area contributed by atoms with Crippen LogP contribution in [0.25, 0.3) is 11.0 Å². The van der Waals surface area contributed by atoms with Gasteiger partial charge in [0.25, 0.3) is 0 Å². The Morgan fingerprint density at radius 1 is 1.24 bits per heavy atom. The summed E-state index contributed by atoms with van der Waals surface area (Å²) in [6, 6.07) is 9.92. The molecule has 0 saturated heterocycles. The minimum Gasteiger partial charge on any atom is -0.480 e. The molecule has 2 aromatic heterocycles. The van der Waals surface area contributed by atoms with Crippen LogP contribution in [-0.4, -0.2) is 37.4 Å². The molecule has 7 nitrogen and oxygen atoms in total. The standard InChI is InChI=1S/C14H13N5O2/c20-12(21)7-15-13-11-6-18-19(14(11)17-9-16-13)8-10-4-2-1-3-5-10/h1-6,9H,7-8H2,(H,20,21)(H,15,16,17). The summed E-state index contributed by atoms with van der Waals surface area (Å²) >= 11 is 0. The molecule has 0 aliphatic carbocycles. The maximum absolute atomic E-state index is 10.6.